The predicted molar refractivity (Wildman–Crippen MR) is 64.1 cm³/mol. The first kappa shape index (κ1) is 11.7. The molecule has 2 saturated heterocycles. The largest absolute Gasteiger partial charge is 0.328 e. The van der Waals surface area contributed by atoms with Gasteiger partial charge in [-0.1, -0.05) is 6.92 Å². The fourth-order valence-electron chi connectivity index (χ4n) is 2.71. The SMILES string of the molecule is CC1CCN(C(=O)N2CCCC2CN)CC1. The minimum absolute atomic E-state index is 0.222. The molecule has 0 aromatic rings. The summed E-state index contributed by atoms with van der Waals surface area (Å²) in [6.07, 6.45) is 4.48. The van der Waals surface area contributed by atoms with E-state index in [1.165, 1.54) is 0 Å². The average molecular weight is 225 g/mol. The molecule has 2 fully saturated rings. The molecule has 0 aromatic carbocycles. The maximum Gasteiger partial charge on any atom is 0.320 e. The van der Waals surface area contributed by atoms with Gasteiger partial charge in [-0.2, -0.15) is 0 Å². The summed E-state index contributed by atoms with van der Waals surface area (Å²) in [7, 11) is 0. The molecule has 2 N–H and O–H groups in total. The predicted octanol–water partition coefficient (Wildman–Crippen LogP) is 1.26. The van der Waals surface area contributed by atoms with Gasteiger partial charge >= 0.3 is 6.03 Å². The van der Waals surface area contributed by atoms with Gasteiger partial charge in [0.05, 0.1) is 0 Å². The maximum atomic E-state index is 12.3. The number of piperidine rings is 1. The highest BCUT2D eigenvalue weighted by molar-refractivity contribution is 5.75. The smallest absolute Gasteiger partial charge is 0.320 e. The monoisotopic (exact) mass is 225 g/mol. The lowest BCUT2D eigenvalue weighted by Crippen LogP contribution is -2.49. The van der Waals surface area contributed by atoms with Crippen molar-refractivity contribution >= 4 is 6.03 Å². The molecule has 0 aliphatic carbocycles. The Labute approximate surface area is 97.8 Å². The number of hydrogen-bond acceptors (Lipinski definition) is 2. The minimum Gasteiger partial charge on any atom is -0.328 e. The lowest BCUT2D eigenvalue weighted by atomic mass is 9.99. The van der Waals surface area contributed by atoms with E-state index in [0.29, 0.717) is 6.54 Å². The molecule has 4 nitrogen and oxygen atoms in total. The van der Waals surface area contributed by atoms with Crippen molar-refractivity contribution in [2.24, 2.45) is 11.7 Å². The molecular formula is C12H23N3O. The van der Waals surface area contributed by atoms with E-state index < -0.39 is 0 Å². The Hall–Kier alpha value is -0.770. The molecule has 0 aromatic heterocycles. The van der Waals surface area contributed by atoms with Crippen LogP contribution in [0.25, 0.3) is 0 Å². The third-order valence-electron chi connectivity index (χ3n) is 3.95. The highest BCUT2D eigenvalue weighted by Gasteiger charge is 2.31. The fraction of sp³-hybridized carbons (Fsp3) is 0.917. The van der Waals surface area contributed by atoms with Crippen LogP contribution in [-0.2, 0) is 0 Å². The standard InChI is InChI=1S/C12H23N3O/c1-10-4-7-14(8-5-10)12(16)15-6-2-3-11(15)9-13/h10-11H,2-9,13H2,1H3. The van der Waals surface area contributed by atoms with Gasteiger partial charge in [0.15, 0.2) is 0 Å². The highest BCUT2D eigenvalue weighted by Crippen LogP contribution is 2.22. The van der Waals surface area contributed by atoms with Crippen LogP contribution in [0.2, 0.25) is 0 Å². The quantitative estimate of drug-likeness (QED) is 0.730. The zero-order valence-corrected chi connectivity index (χ0v) is 10.2. The van der Waals surface area contributed by atoms with Crippen molar-refractivity contribution in [3.63, 3.8) is 0 Å². The normalized spacial score (nSPS) is 27.5. The minimum atomic E-state index is 0.222. The number of likely N-dealkylation sites (tertiary alicyclic amines) is 2. The van der Waals surface area contributed by atoms with Gasteiger partial charge in [-0.05, 0) is 31.6 Å². The molecule has 2 amide bonds. The summed E-state index contributed by atoms with van der Waals surface area (Å²) in [4.78, 5) is 16.3. The van der Waals surface area contributed by atoms with E-state index in [-0.39, 0.29) is 12.1 Å². The van der Waals surface area contributed by atoms with E-state index in [2.05, 4.69) is 6.92 Å². The molecule has 2 heterocycles. The van der Waals surface area contributed by atoms with Crippen molar-refractivity contribution in [1.29, 1.82) is 0 Å². The summed E-state index contributed by atoms with van der Waals surface area (Å²) in [6, 6.07) is 0.506. The lowest BCUT2D eigenvalue weighted by molar-refractivity contribution is 0.131. The third-order valence-corrected chi connectivity index (χ3v) is 3.95. The van der Waals surface area contributed by atoms with Crippen molar-refractivity contribution in [3.8, 4) is 0 Å². The van der Waals surface area contributed by atoms with Crippen molar-refractivity contribution in [2.75, 3.05) is 26.2 Å². The Morgan fingerprint density at radius 3 is 2.56 bits per heavy atom. The summed E-state index contributed by atoms with van der Waals surface area (Å²) < 4.78 is 0. The van der Waals surface area contributed by atoms with Crippen molar-refractivity contribution in [1.82, 2.24) is 9.80 Å². The second-order valence-electron chi connectivity index (χ2n) is 5.18. The number of carbonyl (C=O) groups is 1. The van der Waals surface area contributed by atoms with Crippen LogP contribution >= 0.6 is 0 Å². The second-order valence-corrected chi connectivity index (χ2v) is 5.18. The number of urea groups is 1. The number of nitrogens with two attached hydrogens (primary N) is 1. The second kappa shape index (κ2) is 5.04. The van der Waals surface area contributed by atoms with E-state index in [0.717, 1.165) is 51.2 Å². The Balaban J connectivity index is 1.91. The van der Waals surface area contributed by atoms with Crippen LogP contribution in [-0.4, -0.2) is 48.1 Å². The Bertz CT molecular complexity index is 249. The van der Waals surface area contributed by atoms with Gasteiger partial charge in [0.25, 0.3) is 0 Å². The molecule has 4 heteroatoms. The fourth-order valence-corrected chi connectivity index (χ4v) is 2.71. The van der Waals surface area contributed by atoms with Crippen LogP contribution in [0.3, 0.4) is 0 Å². The summed E-state index contributed by atoms with van der Waals surface area (Å²) in [5, 5.41) is 0. The molecule has 92 valence electrons. The molecule has 0 bridgehead atoms. The molecule has 0 saturated carbocycles. The molecular weight excluding hydrogens is 202 g/mol. The number of rotatable bonds is 1. The van der Waals surface area contributed by atoms with Gasteiger partial charge in [0.1, 0.15) is 0 Å². The lowest BCUT2D eigenvalue weighted by Gasteiger charge is -2.35. The van der Waals surface area contributed by atoms with Gasteiger partial charge in [0.2, 0.25) is 0 Å². The van der Waals surface area contributed by atoms with E-state index in [1.807, 2.05) is 9.80 Å². The Morgan fingerprint density at radius 1 is 1.25 bits per heavy atom. The number of carbonyl (C=O) groups excluding carboxylic acids is 1. The van der Waals surface area contributed by atoms with Crippen LogP contribution in [0.4, 0.5) is 4.79 Å². The van der Waals surface area contributed by atoms with E-state index in [9.17, 15) is 4.79 Å². The molecule has 1 atom stereocenters. The molecule has 2 rings (SSSR count). The van der Waals surface area contributed by atoms with Crippen LogP contribution in [0, 0.1) is 5.92 Å². The first-order valence-electron chi connectivity index (χ1n) is 6.48. The Kier molecular flexibility index (Phi) is 3.69. The third kappa shape index (κ3) is 2.32. The van der Waals surface area contributed by atoms with Gasteiger partial charge in [-0.15, -0.1) is 0 Å². The molecule has 2 aliphatic rings. The van der Waals surface area contributed by atoms with E-state index in [4.69, 9.17) is 5.73 Å². The number of nitrogens with zero attached hydrogens (tertiary/aromatic N) is 2. The van der Waals surface area contributed by atoms with E-state index in [1.54, 1.807) is 0 Å². The molecule has 1 unspecified atom stereocenters. The van der Waals surface area contributed by atoms with Gasteiger partial charge < -0.3 is 15.5 Å². The first-order valence-corrected chi connectivity index (χ1v) is 6.48. The zero-order valence-electron chi connectivity index (χ0n) is 10.2. The summed E-state index contributed by atoms with van der Waals surface area (Å²) >= 11 is 0. The molecule has 2 aliphatic heterocycles. The Morgan fingerprint density at radius 2 is 1.94 bits per heavy atom. The number of amides is 2. The van der Waals surface area contributed by atoms with Crippen molar-refractivity contribution < 1.29 is 4.79 Å². The molecule has 16 heavy (non-hydrogen) atoms. The number of hydrogen-bond donors (Lipinski definition) is 1. The maximum absolute atomic E-state index is 12.3. The van der Waals surface area contributed by atoms with Crippen LogP contribution in [0.15, 0.2) is 0 Å². The van der Waals surface area contributed by atoms with Crippen molar-refractivity contribution in [3.05, 3.63) is 0 Å². The highest BCUT2D eigenvalue weighted by atomic mass is 16.2. The van der Waals surface area contributed by atoms with Gasteiger partial charge in [-0.25, -0.2) is 4.79 Å². The summed E-state index contributed by atoms with van der Waals surface area (Å²) in [5.41, 5.74) is 5.70. The van der Waals surface area contributed by atoms with E-state index >= 15 is 0 Å². The average Bonchev–Trinajstić information content (AvgIpc) is 2.77. The summed E-state index contributed by atoms with van der Waals surface area (Å²) in [5.74, 6) is 0.771. The van der Waals surface area contributed by atoms with Gasteiger partial charge in [0, 0.05) is 32.2 Å². The van der Waals surface area contributed by atoms with Crippen LogP contribution in [0.5, 0.6) is 0 Å². The van der Waals surface area contributed by atoms with Crippen molar-refractivity contribution in [2.45, 2.75) is 38.6 Å². The molecule has 0 radical (unpaired) electrons. The van der Waals surface area contributed by atoms with Crippen LogP contribution < -0.4 is 5.73 Å². The molecule has 0 spiro atoms. The van der Waals surface area contributed by atoms with Gasteiger partial charge in [-0.3, -0.25) is 0 Å². The topological polar surface area (TPSA) is 49.6 Å². The first-order chi connectivity index (χ1) is 7.72. The summed E-state index contributed by atoms with van der Waals surface area (Å²) in [6.45, 7) is 5.62. The van der Waals surface area contributed by atoms with Crippen LogP contribution in [0.1, 0.15) is 32.6 Å². The zero-order chi connectivity index (χ0) is 11.5.